The van der Waals surface area contributed by atoms with Crippen LogP contribution in [0.2, 0.25) is 0 Å². The minimum Gasteiger partial charge on any atom is -0.356 e. The molecule has 0 spiro atoms. The van der Waals surface area contributed by atoms with Gasteiger partial charge in [-0.05, 0) is 19.8 Å². The van der Waals surface area contributed by atoms with Crippen LogP contribution >= 0.6 is 0 Å². The van der Waals surface area contributed by atoms with Crippen molar-refractivity contribution in [1.82, 2.24) is 0 Å². The van der Waals surface area contributed by atoms with Gasteiger partial charge in [0.05, 0.1) is 6.61 Å². The first-order valence-electron chi connectivity index (χ1n) is 4.10. The van der Waals surface area contributed by atoms with Crippen LogP contribution in [0.5, 0.6) is 0 Å². The van der Waals surface area contributed by atoms with Gasteiger partial charge < -0.3 is 9.47 Å². The largest absolute Gasteiger partial charge is 0.356 e. The lowest BCUT2D eigenvalue weighted by atomic mass is 10.3. The van der Waals surface area contributed by atoms with Crippen LogP contribution in [0.3, 0.4) is 0 Å². The van der Waals surface area contributed by atoms with Gasteiger partial charge in [-0.25, -0.2) is 0 Å². The number of methoxy groups -OCH3 is 1. The van der Waals surface area contributed by atoms with Crippen molar-refractivity contribution < 1.29 is 9.47 Å². The molecule has 0 aromatic heterocycles. The van der Waals surface area contributed by atoms with Crippen LogP contribution in [0.1, 0.15) is 26.7 Å². The van der Waals surface area contributed by atoms with Gasteiger partial charge in [0.15, 0.2) is 6.29 Å². The predicted molar refractivity (Wildman–Crippen MR) is 46.5 cm³/mol. The van der Waals surface area contributed by atoms with Crippen molar-refractivity contribution in [1.29, 1.82) is 0 Å². The Balaban J connectivity index is 3.07. The molecule has 0 amide bonds. The Morgan fingerprint density at radius 1 is 1.36 bits per heavy atom. The summed E-state index contributed by atoms with van der Waals surface area (Å²) in [4.78, 5) is 0. The molecule has 66 valence electrons. The van der Waals surface area contributed by atoms with E-state index in [9.17, 15) is 0 Å². The van der Waals surface area contributed by atoms with Crippen molar-refractivity contribution in [3.05, 3.63) is 12.2 Å². The Labute approximate surface area is 69.2 Å². The normalized spacial score (nSPS) is 14.1. The second-order valence-corrected chi connectivity index (χ2v) is 2.34. The molecule has 0 saturated heterocycles. The molecule has 2 nitrogen and oxygen atoms in total. The summed E-state index contributed by atoms with van der Waals surface area (Å²) in [6.07, 6.45) is 6.26. The molecule has 0 aliphatic heterocycles. The van der Waals surface area contributed by atoms with Gasteiger partial charge in [-0.3, -0.25) is 0 Å². The highest BCUT2D eigenvalue weighted by Crippen LogP contribution is 1.93. The second kappa shape index (κ2) is 7.76. The van der Waals surface area contributed by atoms with Crippen LogP contribution < -0.4 is 0 Å². The third-order valence-corrected chi connectivity index (χ3v) is 1.37. The molecular weight excluding hydrogens is 140 g/mol. The monoisotopic (exact) mass is 158 g/mol. The zero-order valence-electron chi connectivity index (χ0n) is 7.67. The van der Waals surface area contributed by atoms with Gasteiger partial charge in [-0.15, -0.1) is 0 Å². The van der Waals surface area contributed by atoms with E-state index in [-0.39, 0.29) is 6.29 Å². The summed E-state index contributed by atoms with van der Waals surface area (Å²) in [6, 6.07) is 0. The summed E-state index contributed by atoms with van der Waals surface area (Å²) in [5.41, 5.74) is 0. The van der Waals surface area contributed by atoms with E-state index in [2.05, 4.69) is 19.1 Å². The standard InChI is InChI=1S/C9H18O2/c1-4-5-6-7-8-11-9(2)10-3/h5-6,9H,4,7-8H2,1-3H3. The maximum atomic E-state index is 5.26. The smallest absolute Gasteiger partial charge is 0.154 e. The van der Waals surface area contributed by atoms with E-state index in [0.717, 1.165) is 19.4 Å². The van der Waals surface area contributed by atoms with E-state index >= 15 is 0 Å². The Kier molecular flexibility index (Phi) is 7.52. The molecule has 0 aliphatic carbocycles. The lowest BCUT2D eigenvalue weighted by Crippen LogP contribution is -2.10. The minimum atomic E-state index is -0.0787. The van der Waals surface area contributed by atoms with Gasteiger partial charge in [0, 0.05) is 7.11 Å². The lowest BCUT2D eigenvalue weighted by Gasteiger charge is -2.08. The maximum Gasteiger partial charge on any atom is 0.154 e. The molecule has 1 unspecified atom stereocenters. The van der Waals surface area contributed by atoms with Crippen LogP contribution in [0.15, 0.2) is 12.2 Å². The van der Waals surface area contributed by atoms with E-state index in [1.807, 2.05) is 6.92 Å². The molecule has 0 heterocycles. The fourth-order valence-electron chi connectivity index (χ4n) is 0.655. The molecule has 0 saturated carbocycles. The zero-order valence-corrected chi connectivity index (χ0v) is 7.67. The van der Waals surface area contributed by atoms with Crippen LogP contribution in [-0.2, 0) is 9.47 Å². The average molecular weight is 158 g/mol. The topological polar surface area (TPSA) is 18.5 Å². The number of ether oxygens (including phenoxy) is 2. The van der Waals surface area contributed by atoms with Crippen molar-refractivity contribution >= 4 is 0 Å². The van der Waals surface area contributed by atoms with Gasteiger partial charge in [0.2, 0.25) is 0 Å². The second-order valence-electron chi connectivity index (χ2n) is 2.34. The number of hydrogen-bond acceptors (Lipinski definition) is 2. The summed E-state index contributed by atoms with van der Waals surface area (Å²) in [5, 5.41) is 0. The quantitative estimate of drug-likeness (QED) is 0.335. The number of allylic oxidation sites excluding steroid dienone is 1. The molecule has 0 bridgehead atoms. The Morgan fingerprint density at radius 2 is 2.09 bits per heavy atom. The van der Waals surface area contributed by atoms with Crippen molar-refractivity contribution in [2.75, 3.05) is 13.7 Å². The first-order valence-corrected chi connectivity index (χ1v) is 4.10. The van der Waals surface area contributed by atoms with Crippen molar-refractivity contribution in [3.8, 4) is 0 Å². The molecule has 0 fully saturated rings. The summed E-state index contributed by atoms with van der Waals surface area (Å²) in [6.45, 7) is 4.75. The third-order valence-electron chi connectivity index (χ3n) is 1.37. The van der Waals surface area contributed by atoms with Crippen LogP contribution in [0.4, 0.5) is 0 Å². The van der Waals surface area contributed by atoms with Gasteiger partial charge in [-0.1, -0.05) is 19.1 Å². The lowest BCUT2D eigenvalue weighted by molar-refractivity contribution is -0.109. The molecule has 0 radical (unpaired) electrons. The number of rotatable bonds is 6. The summed E-state index contributed by atoms with van der Waals surface area (Å²) in [5.74, 6) is 0. The van der Waals surface area contributed by atoms with Gasteiger partial charge >= 0.3 is 0 Å². The fraction of sp³-hybridized carbons (Fsp3) is 0.778. The molecule has 0 aliphatic rings. The van der Waals surface area contributed by atoms with E-state index in [1.165, 1.54) is 0 Å². The van der Waals surface area contributed by atoms with Gasteiger partial charge in [0.25, 0.3) is 0 Å². The van der Waals surface area contributed by atoms with E-state index in [4.69, 9.17) is 9.47 Å². The maximum absolute atomic E-state index is 5.26. The summed E-state index contributed by atoms with van der Waals surface area (Å²) < 4.78 is 10.2. The molecule has 0 rings (SSSR count). The fourth-order valence-corrected chi connectivity index (χ4v) is 0.655. The molecule has 0 aromatic carbocycles. The third kappa shape index (κ3) is 7.56. The molecule has 11 heavy (non-hydrogen) atoms. The highest BCUT2D eigenvalue weighted by molar-refractivity contribution is 4.79. The Bertz CT molecular complexity index is 99.7. The average Bonchev–Trinajstić information content (AvgIpc) is 2.04. The molecule has 1 atom stereocenters. The predicted octanol–water partition coefficient (Wildman–Crippen LogP) is 2.35. The first-order chi connectivity index (χ1) is 5.31. The van der Waals surface area contributed by atoms with Gasteiger partial charge in [0.1, 0.15) is 0 Å². The molecule has 0 N–H and O–H groups in total. The highest BCUT2D eigenvalue weighted by atomic mass is 16.7. The van der Waals surface area contributed by atoms with Crippen molar-refractivity contribution in [2.24, 2.45) is 0 Å². The molecular formula is C9H18O2. The first kappa shape index (κ1) is 10.7. The van der Waals surface area contributed by atoms with E-state index in [0.29, 0.717) is 0 Å². The van der Waals surface area contributed by atoms with E-state index < -0.39 is 0 Å². The molecule has 2 heteroatoms. The number of hydrogen-bond donors (Lipinski definition) is 0. The summed E-state index contributed by atoms with van der Waals surface area (Å²) >= 11 is 0. The SMILES string of the molecule is CCC=CCCOC(C)OC. The Hall–Kier alpha value is -0.340. The van der Waals surface area contributed by atoms with Crippen molar-refractivity contribution in [2.45, 2.75) is 33.0 Å². The summed E-state index contributed by atoms with van der Waals surface area (Å²) in [7, 11) is 1.65. The van der Waals surface area contributed by atoms with Crippen LogP contribution in [0.25, 0.3) is 0 Å². The van der Waals surface area contributed by atoms with Crippen molar-refractivity contribution in [3.63, 3.8) is 0 Å². The Morgan fingerprint density at radius 3 is 2.64 bits per heavy atom. The zero-order chi connectivity index (χ0) is 8.53. The minimum absolute atomic E-state index is 0.0787. The van der Waals surface area contributed by atoms with E-state index in [1.54, 1.807) is 7.11 Å². The molecule has 0 aromatic rings. The highest BCUT2D eigenvalue weighted by Gasteiger charge is 1.94. The van der Waals surface area contributed by atoms with Gasteiger partial charge in [-0.2, -0.15) is 0 Å². The van der Waals surface area contributed by atoms with Crippen LogP contribution in [-0.4, -0.2) is 20.0 Å². The van der Waals surface area contributed by atoms with Crippen LogP contribution in [0, 0.1) is 0 Å².